The van der Waals surface area contributed by atoms with Crippen LogP contribution in [0.25, 0.3) is 0 Å². The number of halogens is 1. The number of benzene rings is 1. The highest BCUT2D eigenvalue weighted by Crippen LogP contribution is 2.27. The van der Waals surface area contributed by atoms with Crippen LogP contribution in [-0.4, -0.2) is 11.5 Å². The minimum Gasteiger partial charge on any atom is -0.459 e. The Bertz CT molecular complexity index is 428. The molecule has 1 fully saturated rings. The third-order valence-corrected chi connectivity index (χ3v) is 3.65. The number of ether oxygens (including phenoxy) is 1. The maximum absolute atomic E-state index is 12.0. The minimum absolute atomic E-state index is 0.234. The third kappa shape index (κ3) is 3.24. The van der Waals surface area contributed by atoms with E-state index < -0.39 is 5.54 Å². The maximum Gasteiger partial charge on any atom is 0.326 e. The molecular formula is C14H18ClNO2. The summed E-state index contributed by atoms with van der Waals surface area (Å²) in [5.41, 5.74) is 6.20. The van der Waals surface area contributed by atoms with Crippen LogP contribution in [0.3, 0.4) is 0 Å². The number of nitrogens with two attached hydrogens (primary N) is 1. The number of carbonyl (C=O) groups is 1. The maximum atomic E-state index is 12.0. The van der Waals surface area contributed by atoms with Gasteiger partial charge < -0.3 is 10.5 Å². The molecule has 0 heterocycles. The highest BCUT2D eigenvalue weighted by molar-refractivity contribution is 6.30. The van der Waals surface area contributed by atoms with E-state index in [1.807, 2.05) is 12.1 Å². The van der Waals surface area contributed by atoms with Crippen molar-refractivity contribution < 1.29 is 9.53 Å². The van der Waals surface area contributed by atoms with Gasteiger partial charge in [0.05, 0.1) is 0 Å². The largest absolute Gasteiger partial charge is 0.459 e. The van der Waals surface area contributed by atoms with Crippen LogP contribution in [0.15, 0.2) is 24.3 Å². The highest BCUT2D eigenvalue weighted by atomic mass is 35.5. The Morgan fingerprint density at radius 3 is 2.72 bits per heavy atom. The van der Waals surface area contributed by atoms with E-state index in [2.05, 4.69) is 0 Å². The Morgan fingerprint density at radius 2 is 2.06 bits per heavy atom. The van der Waals surface area contributed by atoms with Gasteiger partial charge in [-0.3, -0.25) is 4.79 Å². The Hall–Kier alpha value is -1.06. The Morgan fingerprint density at radius 1 is 1.33 bits per heavy atom. The minimum atomic E-state index is -0.781. The number of carbonyl (C=O) groups excluding carboxylic acids is 1. The van der Waals surface area contributed by atoms with Crippen molar-refractivity contribution in [3.63, 3.8) is 0 Å². The molecule has 3 nitrogen and oxygen atoms in total. The van der Waals surface area contributed by atoms with E-state index in [4.69, 9.17) is 22.1 Å². The lowest BCUT2D eigenvalue weighted by Crippen LogP contribution is -2.50. The predicted octanol–water partition coefficient (Wildman–Crippen LogP) is 3.04. The molecule has 2 rings (SSSR count). The fourth-order valence-electron chi connectivity index (χ4n) is 2.31. The predicted molar refractivity (Wildman–Crippen MR) is 71.3 cm³/mol. The van der Waals surface area contributed by atoms with Gasteiger partial charge in [-0.1, -0.05) is 43.0 Å². The highest BCUT2D eigenvalue weighted by Gasteiger charge is 2.36. The zero-order chi connectivity index (χ0) is 13.0. The first-order valence-electron chi connectivity index (χ1n) is 6.31. The fourth-order valence-corrected chi connectivity index (χ4v) is 2.52. The van der Waals surface area contributed by atoms with Crippen LogP contribution >= 0.6 is 11.6 Å². The van der Waals surface area contributed by atoms with Gasteiger partial charge in [0, 0.05) is 5.02 Å². The van der Waals surface area contributed by atoms with Crippen molar-refractivity contribution in [2.75, 3.05) is 0 Å². The molecular weight excluding hydrogens is 250 g/mol. The zero-order valence-electron chi connectivity index (χ0n) is 10.3. The molecule has 0 saturated heterocycles. The van der Waals surface area contributed by atoms with Crippen LogP contribution in [0.4, 0.5) is 0 Å². The molecule has 18 heavy (non-hydrogen) atoms. The quantitative estimate of drug-likeness (QED) is 0.857. The molecule has 4 heteroatoms. The molecule has 0 radical (unpaired) electrons. The van der Waals surface area contributed by atoms with Gasteiger partial charge in [-0.05, 0) is 30.5 Å². The van der Waals surface area contributed by atoms with E-state index >= 15 is 0 Å². The molecule has 98 valence electrons. The Kier molecular flexibility index (Phi) is 4.25. The van der Waals surface area contributed by atoms with Crippen LogP contribution < -0.4 is 5.73 Å². The van der Waals surface area contributed by atoms with Gasteiger partial charge >= 0.3 is 5.97 Å². The molecule has 1 aromatic rings. The van der Waals surface area contributed by atoms with Gasteiger partial charge in [0.1, 0.15) is 12.1 Å². The molecule has 1 aromatic carbocycles. The van der Waals surface area contributed by atoms with Crippen molar-refractivity contribution >= 4 is 17.6 Å². The summed E-state index contributed by atoms with van der Waals surface area (Å²) in [5.74, 6) is -0.290. The second-order valence-corrected chi connectivity index (χ2v) is 5.36. The molecule has 0 amide bonds. The molecule has 1 aliphatic carbocycles. The van der Waals surface area contributed by atoms with Gasteiger partial charge in [-0.2, -0.15) is 0 Å². The second-order valence-electron chi connectivity index (χ2n) is 4.92. The molecule has 1 aliphatic rings. The van der Waals surface area contributed by atoms with E-state index in [9.17, 15) is 4.79 Å². The van der Waals surface area contributed by atoms with E-state index in [1.165, 1.54) is 0 Å². The number of rotatable bonds is 3. The zero-order valence-corrected chi connectivity index (χ0v) is 11.1. The van der Waals surface area contributed by atoms with Crippen molar-refractivity contribution in [3.8, 4) is 0 Å². The lowest BCUT2D eigenvalue weighted by molar-refractivity contribution is -0.152. The van der Waals surface area contributed by atoms with Crippen LogP contribution in [0, 0.1) is 0 Å². The fraction of sp³-hybridized carbons (Fsp3) is 0.500. The normalized spacial score (nSPS) is 18.3. The SMILES string of the molecule is NC1(C(=O)OCc2cccc(Cl)c2)CCCCC1. The monoisotopic (exact) mass is 267 g/mol. The summed E-state index contributed by atoms with van der Waals surface area (Å²) >= 11 is 5.87. The van der Waals surface area contributed by atoms with Crippen molar-refractivity contribution in [1.29, 1.82) is 0 Å². The van der Waals surface area contributed by atoms with Crippen molar-refractivity contribution in [3.05, 3.63) is 34.9 Å². The molecule has 0 bridgehead atoms. The first kappa shape index (κ1) is 13.4. The lowest BCUT2D eigenvalue weighted by Gasteiger charge is -2.30. The third-order valence-electron chi connectivity index (χ3n) is 3.41. The van der Waals surface area contributed by atoms with Crippen molar-refractivity contribution in [2.45, 2.75) is 44.2 Å². The first-order chi connectivity index (χ1) is 8.60. The summed E-state index contributed by atoms with van der Waals surface area (Å²) in [6.45, 7) is 0.234. The number of esters is 1. The summed E-state index contributed by atoms with van der Waals surface area (Å²) < 4.78 is 5.30. The summed E-state index contributed by atoms with van der Waals surface area (Å²) in [5, 5.41) is 0.642. The molecule has 0 spiro atoms. The number of hydrogen-bond acceptors (Lipinski definition) is 3. The van der Waals surface area contributed by atoms with E-state index in [0.717, 1.165) is 37.7 Å². The van der Waals surface area contributed by atoms with E-state index in [0.29, 0.717) is 5.02 Å². The standard InChI is InChI=1S/C14H18ClNO2/c15-12-6-4-5-11(9-12)10-18-13(17)14(16)7-2-1-3-8-14/h4-6,9H,1-3,7-8,10,16H2. The first-order valence-corrected chi connectivity index (χ1v) is 6.68. The molecule has 2 N–H and O–H groups in total. The van der Waals surface area contributed by atoms with E-state index in [-0.39, 0.29) is 12.6 Å². The topological polar surface area (TPSA) is 52.3 Å². The summed E-state index contributed by atoms with van der Waals surface area (Å²) in [4.78, 5) is 12.0. The van der Waals surface area contributed by atoms with Crippen molar-refractivity contribution in [1.82, 2.24) is 0 Å². The van der Waals surface area contributed by atoms with Crippen LogP contribution in [0.1, 0.15) is 37.7 Å². The van der Waals surface area contributed by atoms with Gasteiger partial charge in [-0.15, -0.1) is 0 Å². The molecule has 1 saturated carbocycles. The molecule has 0 aliphatic heterocycles. The van der Waals surface area contributed by atoms with Gasteiger partial charge in [0.2, 0.25) is 0 Å². The van der Waals surface area contributed by atoms with Crippen molar-refractivity contribution in [2.24, 2.45) is 5.73 Å². The van der Waals surface area contributed by atoms with Crippen LogP contribution in [0.5, 0.6) is 0 Å². The molecule has 0 aromatic heterocycles. The van der Waals surface area contributed by atoms with Crippen LogP contribution in [-0.2, 0) is 16.1 Å². The Balaban J connectivity index is 1.91. The van der Waals surface area contributed by atoms with Gasteiger partial charge in [-0.25, -0.2) is 0 Å². The average Bonchev–Trinajstić information content (AvgIpc) is 2.37. The lowest BCUT2D eigenvalue weighted by atomic mass is 9.83. The van der Waals surface area contributed by atoms with Crippen LogP contribution in [0.2, 0.25) is 5.02 Å². The number of hydrogen-bond donors (Lipinski definition) is 1. The molecule has 0 unspecified atom stereocenters. The smallest absolute Gasteiger partial charge is 0.326 e. The second kappa shape index (κ2) is 5.72. The molecule has 0 atom stereocenters. The average molecular weight is 268 g/mol. The van der Waals surface area contributed by atoms with Gasteiger partial charge in [0.15, 0.2) is 0 Å². The summed E-state index contributed by atoms with van der Waals surface area (Å²) in [6.07, 6.45) is 4.61. The summed E-state index contributed by atoms with van der Waals surface area (Å²) in [7, 11) is 0. The van der Waals surface area contributed by atoms with E-state index in [1.54, 1.807) is 12.1 Å². The van der Waals surface area contributed by atoms with Gasteiger partial charge in [0.25, 0.3) is 0 Å². The Labute approximate surface area is 112 Å². The summed E-state index contributed by atoms with van der Waals surface area (Å²) in [6, 6.07) is 7.30.